The third-order valence-electron chi connectivity index (χ3n) is 2.14. The van der Waals surface area contributed by atoms with Gasteiger partial charge in [0.25, 0.3) is 0 Å². The summed E-state index contributed by atoms with van der Waals surface area (Å²) in [4.78, 5) is 0. The van der Waals surface area contributed by atoms with Crippen molar-refractivity contribution in [3.05, 3.63) is 54.9 Å². The van der Waals surface area contributed by atoms with Crippen LogP contribution in [0.1, 0.15) is 27.7 Å². The van der Waals surface area contributed by atoms with Gasteiger partial charge in [0.15, 0.2) is 0 Å². The van der Waals surface area contributed by atoms with Crippen molar-refractivity contribution < 1.29 is 35.0 Å². The Balaban J connectivity index is -0.000000123. The van der Waals surface area contributed by atoms with Crippen molar-refractivity contribution in [3.8, 4) is 0 Å². The van der Waals surface area contributed by atoms with Crippen LogP contribution in [0.25, 0.3) is 0 Å². The molecule has 1 rings (SSSR count). The van der Waals surface area contributed by atoms with E-state index in [-0.39, 0.29) is 21.1 Å². The Hall–Kier alpha value is -0.872. The van der Waals surface area contributed by atoms with E-state index in [0.717, 1.165) is 0 Å². The molecule has 0 spiro atoms. The van der Waals surface area contributed by atoms with Crippen LogP contribution in [0.3, 0.4) is 0 Å². The molecule has 1 unspecified atom stereocenters. The fourth-order valence-electron chi connectivity index (χ4n) is 1.47. The molecule has 0 N–H and O–H groups in total. The monoisotopic (exact) mass is 330 g/mol. The van der Waals surface area contributed by atoms with E-state index in [4.69, 9.17) is 14.0 Å². The van der Waals surface area contributed by atoms with Crippen LogP contribution in [0.5, 0.6) is 0 Å². The molecule has 4 heteroatoms. The SMILES string of the molecule is CC1=CC(C)=CC(C)C(C)=C1.[C-]#[O+].[C-]#[O+].[C-]#[O+].[Mo]. The third-order valence-corrected chi connectivity index (χ3v) is 2.14. The second kappa shape index (κ2) is 18.5. The normalized spacial score (nSPS) is 15.7. The van der Waals surface area contributed by atoms with Gasteiger partial charge in [0.2, 0.25) is 0 Å². The maximum Gasteiger partial charge on any atom is 0 e. The summed E-state index contributed by atoms with van der Waals surface area (Å²) in [5, 5.41) is 0. The van der Waals surface area contributed by atoms with Crippen molar-refractivity contribution in [3.63, 3.8) is 0 Å². The van der Waals surface area contributed by atoms with Crippen molar-refractivity contribution in [2.24, 2.45) is 5.92 Å². The molecule has 0 radical (unpaired) electrons. The molecule has 0 heterocycles. The Labute approximate surface area is 123 Å². The smallest absolute Gasteiger partial charge is 0 e. The first kappa shape index (κ1) is 25.9. The summed E-state index contributed by atoms with van der Waals surface area (Å²) in [5.74, 6) is 0.601. The van der Waals surface area contributed by atoms with Crippen LogP contribution >= 0.6 is 0 Å². The Bertz CT molecular complexity index is 343. The van der Waals surface area contributed by atoms with E-state index in [1.54, 1.807) is 0 Å². The van der Waals surface area contributed by atoms with Gasteiger partial charge in [-0.3, -0.25) is 0 Å². The van der Waals surface area contributed by atoms with Crippen LogP contribution in [0.15, 0.2) is 34.9 Å². The Morgan fingerprint density at radius 3 is 1.61 bits per heavy atom. The largest absolute Gasteiger partial charge is 0 e. The number of rotatable bonds is 0. The van der Waals surface area contributed by atoms with Crippen molar-refractivity contribution in [2.75, 3.05) is 0 Å². The van der Waals surface area contributed by atoms with Crippen LogP contribution in [-0.4, -0.2) is 0 Å². The van der Waals surface area contributed by atoms with Crippen LogP contribution < -0.4 is 0 Å². The van der Waals surface area contributed by atoms with Gasteiger partial charge in [-0.1, -0.05) is 41.9 Å². The molecule has 1 atom stereocenters. The summed E-state index contributed by atoms with van der Waals surface area (Å²) in [6, 6.07) is 0. The van der Waals surface area contributed by atoms with Gasteiger partial charge in [-0.05, 0) is 26.7 Å². The van der Waals surface area contributed by atoms with Crippen molar-refractivity contribution in [1.29, 1.82) is 0 Å². The molecule has 18 heavy (non-hydrogen) atoms. The minimum Gasteiger partial charge on any atom is 0 e. The molecule has 1 aliphatic carbocycles. The zero-order chi connectivity index (χ0) is 14.4. The van der Waals surface area contributed by atoms with Crippen LogP contribution in [-0.2, 0) is 35.0 Å². The molecular formula is C14H16MoO3. The Morgan fingerprint density at radius 2 is 1.22 bits per heavy atom. The predicted octanol–water partition coefficient (Wildman–Crippen LogP) is 3.36. The molecule has 96 valence electrons. The first-order valence-corrected chi connectivity index (χ1v) is 4.76. The van der Waals surface area contributed by atoms with Gasteiger partial charge < -0.3 is 0 Å². The number of allylic oxidation sites excluding steroid dienone is 6. The van der Waals surface area contributed by atoms with Gasteiger partial charge in [0.05, 0.1) is 0 Å². The molecule has 0 fully saturated rings. The fourth-order valence-corrected chi connectivity index (χ4v) is 1.47. The average Bonchev–Trinajstić information content (AvgIpc) is 2.45. The molecule has 0 saturated heterocycles. The fraction of sp³-hybridized carbons (Fsp3) is 0.357. The summed E-state index contributed by atoms with van der Waals surface area (Å²) < 4.78 is 22.5. The van der Waals surface area contributed by atoms with Crippen LogP contribution in [0.2, 0.25) is 0 Å². The summed E-state index contributed by atoms with van der Waals surface area (Å²) >= 11 is 0. The molecule has 0 amide bonds. The van der Waals surface area contributed by atoms with Gasteiger partial charge >= 0.3 is 33.9 Å². The summed E-state index contributed by atoms with van der Waals surface area (Å²) in [7, 11) is 0. The maximum atomic E-state index is 7.50. The molecule has 0 aromatic carbocycles. The van der Waals surface area contributed by atoms with Gasteiger partial charge in [-0.2, -0.15) is 0 Å². The van der Waals surface area contributed by atoms with Crippen LogP contribution in [0, 0.1) is 25.9 Å². The molecule has 0 aromatic rings. The first-order chi connectivity index (χ1) is 8.09. The van der Waals surface area contributed by atoms with Crippen LogP contribution in [0.4, 0.5) is 0 Å². The molecule has 3 nitrogen and oxygen atoms in total. The molecule has 1 aliphatic rings. The van der Waals surface area contributed by atoms with E-state index >= 15 is 0 Å². The summed E-state index contributed by atoms with van der Waals surface area (Å²) in [5.41, 5.74) is 4.19. The van der Waals surface area contributed by atoms with E-state index in [0.29, 0.717) is 5.92 Å². The summed E-state index contributed by atoms with van der Waals surface area (Å²) in [6.07, 6.45) is 6.80. The van der Waals surface area contributed by atoms with E-state index in [9.17, 15) is 0 Å². The van der Waals surface area contributed by atoms with Gasteiger partial charge in [0.1, 0.15) is 0 Å². The van der Waals surface area contributed by atoms with E-state index in [1.807, 2.05) is 0 Å². The van der Waals surface area contributed by atoms with E-state index in [2.05, 4.69) is 65.9 Å². The van der Waals surface area contributed by atoms with Crippen molar-refractivity contribution in [2.45, 2.75) is 27.7 Å². The molecule has 0 aromatic heterocycles. The second-order valence-electron chi connectivity index (χ2n) is 3.48. The molecular weight excluding hydrogens is 312 g/mol. The predicted molar refractivity (Wildman–Crippen MR) is 62.2 cm³/mol. The Morgan fingerprint density at radius 1 is 0.833 bits per heavy atom. The van der Waals surface area contributed by atoms with Crippen molar-refractivity contribution >= 4 is 0 Å². The molecule has 0 bridgehead atoms. The standard InChI is InChI=1S/C11H16.3CO.Mo/c1-8-5-9(2)7-11(4)10(3)6-8;3*1-2;/h5-7,10H,1-4H3;;;;. The molecule has 0 saturated carbocycles. The average molecular weight is 328 g/mol. The zero-order valence-electron chi connectivity index (χ0n) is 10.9. The third kappa shape index (κ3) is 13.2. The minimum absolute atomic E-state index is 0. The topological polar surface area (TPSA) is 59.7 Å². The first-order valence-electron chi connectivity index (χ1n) is 4.76. The van der Waals surface area contributed by atoms with Gasteiger partial charge in [-0.15, -0.1) is 0 Å². The minimum atomic E-state index is 0. The Kier molecular flexibility index (Phi) is 26.6. The maximum absolute atomic E-state index is 7.50. The van der Waals surface area contributed by atoms with E-state index in [1.165, 1.54) is 16.7 Å². The van der Waals surface area contributed by atoms with Crippen molar-refractivity contribution in [1.82, 2.24) is 0 Å². The number of hydrogen-bond acceptors (Lipinski definition) is 0. The molecule has 0 aliphatic heterocycles. The van der Waals surface area contributed by atoms with Gasteiger partial charge in [-0.25, -0.2) is 0 Å². The second-order valence-corrected chi connectivity index (χ2v) is 3.48. The van der Waals surface area contributed by atoms with E-state index < -0.39 is 0 Å². The summed E-state index contributed by atoms with van der Waals surface area (Å²) in [6.45, 7) is 22.2. The number of hydrogen-bond donors (Lipinski definition) is 0. The van der Waals surface area contributed by atoms with Gasteiger partial charge in [0, 0.05) is 21.1 Å². The zero-order valence-corrected chi connectivity index (χ0v) is 12.9. The quantitative estimate of drug-likeness (QED) is 0.372.